The van der Waals surface area contributed by atoms with Gasteiger partial charge in [-0.15, -0.1) is 25.8 Å². The van der Waals surface area contributed by atoms with E-state index in [1.54, 1.807) is 6.07 Å². The van der Waals surface area contributed by atoms with E-state index in [1.807, 2.05) is 0 Å². The zero-order valence-electron chi connectivity index (χ0n) is 6.67. The van der Waals surface area contributed by atoms with Crippen molar-refractivity contribution < 1.29 is 17.9 Å². The van der Waals surface area contributed by atoms with E-state index >= 15 is 0 Å². The minimum Gasteiger partial charge on any atom is -0.406 e. The minimum absolute atomic E-state index is 0.0664. The zero-order chi connectivity index (χ0) is 10.8. The monoisotopic (exact) mass is 219 g/mol. The maximum absolute atomic E-state index is 11.8. The van der Waals surface area contributed by atoms with Gasteiger partial charge in [-0.1, -0.05) is 0 Å². The number of nitriles is 1. The molecule has 0 amide bonds. The van der Waals surface area contributed by atoms with Crippen molar-refractivity contribution in [2.75, 3.05) is 0 Å². The summed E-state index contributed by atoms with van der Waals surface area (Å²) < 4.78 is 39.0. The van der Waals surface area contributed by atoms with Gasteiger partial charge in [0, 0.05) is 4.90 Å². The molecular weight excluding hydrogens is 215 g/mol. The molecule has 2 nitrogen and oxygen atoms in total. The molecule has 1 rings (SSSR count). The van der Waals surface area contributed by atoms with E-state index < -0.39 is 12.1 Å². The fourth-order valence-electron chi connectivity index (χ4n) is 0.840. The van der Waals surface area contributed by atoms with Crippen LogP contribution < -0.4 is 4.74 Å². The lowest BCUT2D eigenvalue weighted by atomic mass is 10.2. The summed E-state index contributed by atoms with van der Waals surface area (Å²) in [5.74, 6) is -0.443. The smallest absolute Gasteiger partial charge is 0.406 e. The molecule has 0 radical (unpaired) electrons. The van der Waals surface area contributed by atoms with Crippen LogP contribution in [0.5, 0.6) is 5.75 Å². The number of alkyl halides is 3. The first kappa shape index (κ1) is 10.7. The minimum atomic E-state index is -4.76. The molecule has 0 spiro atoms. The Kier molecular flexibility index (Phi) is 2.91. The highest BCUT2D eigenvalue weighted by Gasteiger charge is 2.31. The molecule has 0 aromatic heterocycles. The van der Waals surface area contributed by atoms with Crippen LogP contribution in [-0.2, 0) is 0 Å². The van der Waals surface area contributed by atoms with E-state index in [4.69, 9.17) is 5.26 Å². The lowest BCUT2D eigenvalue weighted by molar-refractivity contribution is -0.274. The molecule has 0 heterocycles. The molecular formula is C8H4F3NOS. The Morgan fingerprint density at radius 1 is 1.29 bits per heavy atom. The van der Waals surface area contributed by atoms with E-state index in [0.29, 0.717) is 0 Å². The van der Waals surface area contributed by atoms with Crippen LogP contribution in [0.25, 0.3) is 0 Å². The van der Waals surface area contributed by atoms with Crippen LogP contribution in [0.2, 0.25) is 0 Å². The lowest BCUT2D eigenvalue weighted by Gasteiger charge is -2.09. The van der Waals surface area contributed by atoms with Gasteiger partial charge in [0.1, 0.15) is 5.75 Å². The van der Waals surface area contributed by atoms with E-state index in [-0.39, 0.29) is 10.5 Å². The highest BCUT2D eigenvalue weighted by molar-refractivity contribution is 7.80. The van der Waals surface area contributed by atoms with Crippen molar-refractivity contribution in [2.45, 2.75) is 11.3 Å². The largest absolute Gasteiger partial charge is 0.573 e. The van der Waals surface area contributed by atoms with E-state index in [0.717, 1.165) is 12.1 Å². The molecule has 14 heavy (non-hydrogen) atoms. The topological polar surface area (TPSA) is 33.0 Å². The van der Waals surface area contributed by atoms with Crippen molar-refractivity contribution in [2.24, 2.45) is 0 Å². The van der Waals surface area contributed by atoms with Crippen molar-refractivity contribution in [3.63, 3.8) is 0 Å². The predicted molar refractivity (Wildman–Crippen MR) is 45.1 cm³/mol. The summed E-state index contributed by atoms with van der Waals surface area (Å²) in [4.78, 5) is 0.239. The molecule has 0 saturated heterocycles. The van der Waals surface area contributed by atoms with Crippen molar-refractivity contribution in [3.8, 4) is 11.8 Å². The highest BCUT2D eigenvalue weighted by atomic mass is 32.1. The second-order valence-electron chi connectivity index (χ2n) is 2.38. The summed E-state index contributed by atoms with van der Waals surface area (Å²) >= 11 is 3.83. The second kappa shape index (κ2) is 3.80. The molecule has 0 aliphatic carbocycles. The molecule has 1 aromatic rings. The van der Waals surface area contributed by atoms with Gasteiger partial charge in [0.15, 0.2) is 0 Å². The molecule has 0 saturated carbocycles. The maximum atomic E-state index is 11.8. The number of hydrogen-bond acceptors (Lipinski definition) is 3. The third kappa shape index (κ3) is 3.18. The summed E-state index contributed by atoms with van der Waals surface area (Å²) in [5.41, 5.74) is 0.0664. The fraction of sp³-hybridized carbons (Fsp3) is 0.125. The summed E-state index contributed by atoms with van der Waals surface area (Å²) in [5, 5.41) is 8.46. The average molecular weight is 219 g/mol. The van der Waals surface area contributed by atoms with Crippen LogP contribution >= 0.6 is 12.6 Å². The number of nitrogens with zero attached hydrogens (tertiary/aromatic N) is 1. The molecule has 0 N–H and O–H groups in total. The van der Waals surface area contributed by atoms with E-state index in [1.165, 1.54) is 6.07 Å². The molecule has 0 aliphatic heterocycles. The molecule has 0 bridgehead atoms. The Hall–Kier alpha value is -1.35. The first-order valence-electron chi connectivity index (χ1n) is 3.40. The average Bonchev–Trinajstić information content (AvgIpc) is 1.99. The quantitative estimate of drug-likeness (QED) is 0.736. The highest BCUT2D eigenvalue weighted by Crippen LogP contribution is 2.25. The molecule has 0 unspecified atom stereocenters. The summed E-state index contributed by atoms with van der Waals surface area (Å²) in [6.45, 7) is 0. The van der Waals surface area contributed by atoms with Crippen LogP contribution in [0.3, 0.4) is 0 Å². The Morgan fingerprint density at radius 3 is 2.43 bits per heavy atom. The molecule has 0 aliphatic rings. The SMILES string of the molecule is N#Cc1cc(S)cc(OC(F)(F)F)c1. The molecule has 74 valence electrons. The molecule has 1 aromatic carbocycles. The summed E-state index contributed by atoms with van der Waals surface area (Å²) in [6.07, 6.45) is -4.76. The van der Waals surface area contributed by atoms with Gasteiger partial charge in [-0.2, -0.15) is 5.26 Å². The van der Waals surface area contributed by atoms with Gasteiger partial charge in [-0.3, -0.25) is 0 Å². The van der Waals surface area contributed by atoms with Gasteiger partial charge in [0.05, 0.1) is 11.6 Å². The lowest BCUT2D eigenvalue weighted by Crippen LogP contribution is -2.17. The second-order valence-corrected chi connectivity index (χ2v) is 2.89. The molecule has 6 heteroatoms. The van der Waals surface area contributed by atoms with Gasteiger partial charge in [0.25, 0.3) is 0 Å². The van der Waals surface area contributed by atoms with Crippen LogP contribution in [0.1, 0.15) is 5.56 Å². The Balaban J connectivity index is 3.00. The van der Waals surface area contributed by atoms with Crippen LogP contribution in [0.15, 0.2) is 23.1 Å². The van der Waals surface area contributed by atoms with Crippen molar-refractivity contribution in [1.82, 2.24) is 0 Å². The number of benzene rings is 1. The number of thiol groups is 1. The van der Waals surface area contributed by atoms with Crippen molar-refractivity contribution in [3.05, 3.63) is 23.8 Å². The van der Waals surface area contributed by atoms with Crippen molar-refractivity contribution >= 4 is 12.6 Å². The zero-order valence-corrected chi connectivity index (χ0v) is 7.56. The third-order valence-electron chi connectivity index (χ3n) is 1.25. The van der Waals surface area contributed by atoms with E-state index in [9.17, 15) is 13.2 Å². The van der Waals surface area contributed by atoms with Crippen LogP contribution in [-0.4, -0.2) is 6.36 Å². The van der Waals surface area contributed by atoms with Gasteiger partial charge < -0.3 is 4.74 Å². The fourth-order valence-corrected chi connectivity index (χ4v) is 1.11. The van der Waals surface area contributed by atoms with Crippen LogP contribution in [0.4, 0.5) is 13.2 Å². The van der Waals surface area contributed by atoms with Gasteiger partial charge in [-0.05, 0) is 18.2 Å². The van der Waals surface area contributed by atoms with Gasteiger partial charge >= 0.3 is 6.36 Å². The normalized spacial score (nSPS) is 10.8. The molecule has 0 atom stereocenters. The Morgan fingerprint density at radius 2 is 1.93 bits per heavy atom. The number of halogens is 3. The van der Waals surface area contributed by atoms with E-state index in [2.05, 4.69) is 17.4 Å². The predicted octanol–water partition coefficient (Wildman–Crippen LogP) is 2.75. The van der Waals surface area contributed by atoms with Gasteiger partial charge in [0.2, 0.25) is 0 Å². The number of hydrogen-bond donors (Lipinski definition) is 1. The first-order chi connectivity index (χ1) is 6.40. The van der Waals surface area contributed by atoms with Gasteiger partial charge in [-0.25, -0.2) is 0 Å². The first-order valence-corrected chi connectivity index (χ1v) is 3.85. The Labute approximate surface area is 83.3 Å². The maximum Gasteiger partial charge on any atom is 0.573 e. The summed E-state index contributed by atoms with van der Waals surface area (Å²) in [6, 6.07) is 5.11. The van der Waals surface area contributed by atoms with Crippen LogP contribution in [0, 0.1) is 11.3 Å². The Bertz CT molecular complexity index is 383. The third-order valence-corrected chi connectivity index (χ3v) is 1.51. The number of ether oxygens (including phenoxy) is 1. The van der Waals surface area contributed by atoms with Crippen molar-refractivity contribution in [1.29, 1.82) is 5.26 Å². The standard InChI is InChI=1S/C8H4F3NOS/c9-8(10,11)13-6-1-5(4-12)2-7(14)3-6/h1-3,14H. The molecule has 0 fully saturated rings. The summed E-state index contributed by atoms with van der Waals surface area (Å²) in [7, 11) is 0. The number of rotatable bonds is 1.